The molecule has 0 aliphatic rings. The summed E-state index contributed by atoms with van der Waals surface area (Å²) in [5, 5.41) is 8.40. The topological polar surface area (TPSA) is 73.2 Å². The lowest BCUT2D eigenvalue weighted by Crippen LogP contribution is -2.32. The minimum absolute atomic E-state index is 0.0280. The number of nitrogens with zero attached hydrogens (tertiary/aromatic N) is 2. The predicted octanol–water partition coefficient (Wildman–Crippen LogP) is 3.67. The highest BCUT2D eigenvalue weighted by Gasteiger charge is 2.22. The number of thiophene rings is 1. The Kier molecular flexibility index (Phi) is 6.17. The van der Waals surface area contributed by atoms with Gasteiger partial charge in [0.15, 0.2) is 11.6 Å². The van der Waals surface area contributed by atoms with E-state index in [0.29, 0.717) is 6.61 Å². The molecule has 1 N–H and O–H groups in total. The van der Waals surface area contributed by atoms with Gasteiger partial charge in [0.2, 0.25) is 10.0 Å². The van der Waals surface area contributed by atoms with E-state index < -0.39 is 15.8 Å². The molecule has 3 aromatic rings. The van der Waals surface area contributed by atoms with Crippen molar-refractivity contribution in [2.45, 2.75) is 31.7 Å². The summed E-state index contributed by atoms with van der Waals surface area (Å²) in [5.41, 5.74) is 2.74. The molecule has 0 amide bonds. The van der Waals surface area contributed by atoms with E-state index in [1.54, 1.807) is 11.6 Å². The zero-order valence-corrected chi connectivity index (χ0v) is 17.5. The van der Waals surface area contributed by atoms with E-state index in [-0.39, 0.29) is 23.2 Å². The third kappa shape index (κ3) is 4.43. The van der Waals surface area contributed by atoms with Gasteiger partial charge in [-0.2, -0.15) is 16.4 Å². The molecule has 1 atom stereocenters. The molecule has 0 aliphatic heterocycles. The molecule has 2 aromatic heterocycles. The van der Waals surface area contributed by atoms with E-state index in [1.165, 1.54) is 23.5 Å². The summed E-state index contributed by atoms with van der Waals surface area (Å²) >= 11 is 1.53. The minimum Gasteiger partial charge on any atom is -0.491 e. The van der Waals surface area contributed by atoms with Crippen molar-refractivity contribution < 1.29 is 17.5 Å². The Balaban J connectivity index is 1.84. The van der Waals surface area contributed by atoms with Gasteiger partial charge in [-0.25, -0.2) is 17.5 Å². The first-order chi connectivity index (χ1) is 13.3. The van der Waals surface area contributed by atoms with Crippen molar-refractivity contribution in [2.75, 3.05) is 13.2 Å². The van der Waals surface area contributed by atoms with Crippen molar-refractivity contribution in [3.63, 3.8) is 0 Å². The number of benzene rings is 1. The molecule has 28 heavy (non-hydrogen) atoms. The van der Waals surface area contributed by atoms with E-state index in [1.807, 2.05) is 36.7 Å². The highest BCUT2D eigenvalue weighted by molar-refractivity contribution is 7.89. The first kappa shape index (κ1) is 20.5. The number of ether oxygens (including phenoxy) is 1. The molecule has 1 aromatic carbocycles. The zero-order valence-electron chi connectivity index (χ0n) is 15.8. The monoisotopic (exact) mass is 423 g/mol. The predicted molar refractivity (Wildman–Crippen MR) is 107 cm³/mol. The lowest BCUT2D eigenvalue weighted by atomic mass is 10.1. The fraction of sp³-hybridized carbons (Fsp3) is 0.316. The molecule has 0 spiro atoms. The van der Waals surface area contributed by atoms with Gasteiger partial charge < -0.3 is 4.74 Å². The normalized spacial score (nSPS) is 12.9. The number of nitrogens with one attached hydrogen (secondary N) is 1. The molecule has 0 aliphatic carbocycles. The fourth-order valence-corrected chi connectivity index (χ4v) is 4.72. The van der Waals surface area contributed by atoms with Crippen LogP contribution < -0.4 is 9.46 Å². The molecule has 9 heteroatoms. The maximum Gasteiger partial charge on any atom is 0.240 e. The number of aryl methyl sites for hydroxylation is 2. The SMILES string of the molecule is CCOc1ccc(S(=O)(=O)NC[C@H](c2ccsc2)n2nc(C)cc2C)cc1F. The van der Waals surface area contributed by atoms with Gasteiger partial charge in [0, 0.05) is 12.2 Å². The van der Waals surface area contributed by atoms with Crippen LogP contribution in [-0.4, -0.2) is 31.3 Å². The zero-order chi connectivity index (χ0) is 20.3. The molecule has 0 unspecified atom stereocenters. The Morgan fingerprint density at radius 3 is 2.64 bits per heavy atom. The van der Waals surface area contributed by atoms with Crippen molar-refractivity contribution in [3.05, 3.63) is 63.9 Å². The standard InChI is InChI=1S/C19H22FN3O3S2/c1-4-26-19-6-5-16(10-17(19)20)28(24,25)21-11-18(15-7-8-27-12-15)23-14(3)9-13(2)22-23/h5-10,12,18,21H,4,11H2,1-3H3/t18-/m1/s1. The van der Waals surface area contributed by atoms with Gasteiger partial charge in [-0.15, -0.1) is 0 Å². The maximum atomic E-state index is 14.1. The van der Waals surface area contributed by atoms with Crippen molar-refractivity contribution in [1.82, 2.24) is 14.5 Å². The molecule has 3 rings (SSSR count). The first-order valence-electron chi connectivity index (χ1n) is 8.78. The third-order valence-corrected chi connectivity index (χ3v) is 6.37. The summed E-state index contributed by atoms with van der Waals surface area (Å²) in [7, 11) is -3.90. The quantitative estimate of drug-likeness (QED) is 0.600. The Bertz CT molecular complexity index is 1050. The van der Waals surface area contributed by atoms with Crippen LogP contribution in [0.4, 0.5) is 4.39 Å². The van der Waals surface area contributed by atoms with E-state index in [4.69, 9.17) is 4.74 Å². The molecule has 150 valence electrons. The van der Waals surface area contributed by atoms with Crippen LogP contribution in [0.25, 0.3) is 0 Å². The third-order valence-electron chi connectivity index (χ3n) is 4.25. The van der Waals surface area contributed by atoms with Crippen LogP contribution in [0.5, 0.6) is 5.75 Å². The Morgan fingerprint density at radius 2 is 2.07 bits per heavy atom. The second kappa shape index (κ2) is 8.42. The van der Waals surface area contributed by atoms with Crippen LogP contribution in [0.2, 0.25) is 0 Å². The molecule has 0 radical (unpaired) electrons. The highest BCUT2D eigenvalue weighted by atomic mass is 32.2. The van der Waals surface area contributed by atoms with Crippen LogP contribution in [0.1, 0.15) is 29.9 Å². The number of aromatic nitrogens is 2. The van der Waals surface area contributed by atoms with Crippen molar-refractivity contribution in [3.8, 4) is 5.75 Å². The fourth-order valence-electron chi connectivity index (χ4n) is 2.96. The molecule has 0 bridgehead atoms. The summed E-state index contributed by atoms with van der Waals surface area (Å²) in [5.74, 6) is -0.683. The molecular weight excluding hydrogens is 401 g/mol. The molecule has 0 saturated carbocycles. The smallest absolute Gasteiger partial charge is 0.240 e. The number of hydrogen-bond donors (Lipinski definition) is 1. The van der Waals surface area contributed by atoms with Gasteiger partial charge in [0.25, 0.3) is 0 Å². The minimum atomic E-state index is -3.90. The molecular formula is C19H22FN3O3S2. The average molecular weight is 424 g/mol. The first-order valence-corrected chi connectivity index (χ1v) is 11.2. The Morgan fingerprint density at radius 1 is 1.29 bits per heavy atom. The van der Waals surface area contributed by atoms with Crippen molar-refractivity contribution in [1.29, 1.82) is 0 Å². The summed E-state index contributed by atoms with van der Waals surface area (Å²) in [4.78, 5) is -0.147. The molecule has 0 fully saturated rings. The summed E-state index contributed by atoms with van der Waals surface area (Å²) in [6, 6.07) is 7.20. The van der Waals surface area contributed by atoms with Gasteiger partial charge >= 0.3 is 0 Å². The van der Waals surface area contributed by atoms with E-state index in [0.717, 1.165) is 23.0 Å². The van der Waals surface area contributed by atoms with Gasteiger partial charge in [-0.05, 0) is 67.4 Å². The van der Waals surface area contributed by atoms with Gasteiger partial charge in [-0.3, -0.25) is 4.68 Å². The highest BCUT2D eigenvalue weighted by Crippen LogP contribution is 2.24. The van der Waals surface area contributed by atoms with Crippen LogP contribution in [0.3, 0.4) is 0 Å². The summed E-state index contributed by atoms with van der Waals surface area (Å²) in [6.07, 6.45) is 0. The molecule has 2 heterocycles. The second-order valence-electron chi connectivity index (χ2n) is 6.32. The van der Waals surface area contributed by atoms with Crippen LogP contribution in [-0.2, 0) is 10.0 Å². The van der Waals surface area contributed by atoms with Crippen LogP contribution >= 0.6 is 11.3 Å². The second-order valence-corrected chi connectivity index (χ2v) is 8.87. The number of hydrogen-bond acceptors (Lipinski definition) is 5. The summed E-state index contributed by atoms with van der Waals surface area (Å²) < 4.78 is 49.0. The maximum absolute atomic E-state index is 14.1. The van der Waals surface area contributed by atoms with Gasteiger partial charge in [0.05, 0.1) is 23.2 Å². The van der Waals surface area contributed by atoms with Crippen molar-refractivity contribution >= 4 is 21.4 Å². The number of rotatable bonds is 8. The Labute approximate surface area is 168 Å². The van der Waals surface area contributed by atoms with Crippen LogP contribution in [0, 0.1) is 19.7 Å². The number of sulfonamides is 1. The van der Waals surface area contributed by atoms with Crippen molar-refractivity contribution in [2.24, 2.45) is 0 Å². The Hall–Kier alpha value is -2.23. The number of halogens is 1. The van der Waals surface area contributed by atoms with Crippen LogP contribution in [0.15, 0.2) is 46.0 Å². The van der Waals surface area contributed by atoms with E-state index >= 15 is 0 Å². The lowest BCUT2D eigenvalue weighted by Gasteiger charge is -2.19. The average Bonchev–Trinajstić information content (AvgIpc) is 3.27. The summed E-state index contributed by atoms with van der Waals surface area (Å²) in [6.45, 7) is 5.94. The van der Waals surface area contributed by atoms with Gasteiger partial charge in [0.1, 0.15) is 0 Å². The van der Waals surface area contributed by atoms with E-state index in [2.05, 4.69) is 9.82 Å². The van der Waals surface area contributed by atoms with Gasteiger partial charge in [-0.1, -0.05) is 0 Å². The lowest BCUT2D eigenvalue weighted by molar-refractivity contribution is 0.321. The molecule has 0 saturated heterocycles. The van der Waals surface area contributed by atoms with E-state index in [9.17, 15) is 12.8 Å². The molecule has 6 nitrogen and oxygen atoms in total. The largest absolute Gasteiger partial charge is 0.491 e.